The Morgan fingerprint density at radius 1 is 1.10 bits per heavy atom. The molecule has 1 amide bonds. The maximum absolute atomic E-state index is 12.8. The van der Waals surface area contributed by atoms with Crippen LogP contribution in [-0.2, 0) is 17.9 Å². The van der Waals surface area contributed by atoms with Crippen molar-refractivity contribution in [3.05, 3.63) is 64.3 Å². The van der Waals surface area contributed by atoms with Crippen molar-refractivity contribution in [1.82, 2.24) is 24.8 Å². The van der Waals surface area contributed by atoms with Gasteiger partial charge in [0.15, 0.2) is 0 Å². The largest absolute Gasteiger partial charge is 0.354 e. The second kappa shape index (κ2) is 8.62. The number of pyridine rings is 1. The average Bonchev–Trinajstić information content (AvgIpc) is 2.76. The van der Waals surface area contributed by atoms with E-state index >= 15 is 0 Å². The highest BCUT2D eigenvalue weighted by Gasteiger charge is 2.18. The highest BCUT2D eigenvalue weighted by Crippen LogP contribution is 2.18. The minimum Gasteiger partial charge on any atom is -0.354 e. The number of nitrogens with one attached hydrogen (secondary N) is 1. The first-order valence-electron chi connectivity index (χ1n) is 10.1. The number of amides is 1. The quantitative estimate of drug-likeness (QED) is 0.685. The Kier molecular flexibility index (Phi) is 5.76. The summed E-state index contributed by atoms with van der Waals surface area (Å²) >= 11 is 0. The van der Waals surface area contributed by atoms with Gasteiger partial charge < -0.3 is 15.1 Å². The van der Waals surface area contributed by atoms with Gasteiger partial charge in [0.1, 0.15) is 18.2 Å². The Morgan fingerprint density at radius 3 is 2.67 bits per heavy atom. The summed E-state index contributed by atoms with van der Waals surface area (Å²) in [6.45, 7) is 5.83. The maximum Gasteiger partial charge on any atom is 0.261 e. The van der Waals surface area contributed by atoms with Crippen molar-refractivity contribution in [2.75, 3.05) is 38.1 Å². The Bertz CT molecular complexity index is 1120. The Labute approximate surface area is 175 Å². The predicted octanol–water partition coefficient (Wildman–Crippen LogP) is 1.17. The molecule has 3 heterocycles. The summed E-state index contributed by atoms with van der Waals surface area (Å²) in [5.41, 5.74) is 1.41. The number of carbonyl (C=O) groups excluding carboxylic acids is 1. The molecule has 156 valence electrons. The minimum absolute atomic E-state index is 0.0629. The van der Waals surface area contributed by atoms with Gasteiger partial charge in [0, 0.05) is 44.5 Å². The molecule has 0 aliphatic carbocycles. The molecule has 0 unspecified atom stereocenters. The third kappa shape index (κ3) is 4.18. The van der Waals surface area contributed by atoms with Crippen LogP contribution in [0, 0.1) is 6.92 Å². The van der Waals surface area contributed by atoms with Crippen molar-refractivity contribution in [1.29, 1.82) is 0 Å². The molecule has 0 radical (unpaired) electrons. The third-order valence-electron chi connectivity index (χ3n) is 5.50. The van der Waals surface area contributed by atoms with Crippen LogP contribution in [0.1, 0.15) is 11.4 Å². The van der Waals surface area contributed by atoms with Crippen molar-refractivity contribution in [2.24, 2.45) is 0 Å². The number of rotatable bonds is 5. The molecular weight excluding hydrogens is 380 g/mol. The van der Waals surface area contributed by atoms with Gasteiger partial charge in [-0.3, -0.25) is 14.2 Å². The Morgan fingerprint density at radius 2 is 1.87 bits per heavy atom. The molecule has 1 fully saturated rings. The van der Waals surface area contributed by atoms with Crippen molar-refractivity contribution in [3.8, 4) is 0 Å². The van der Waals surface area contributed by atoms with Crippen molar-refractivity contribution in [3.63, 3.8) is 0 Å². The van der Waals surface area contributed by atoms with Crippen molar-refractivity contribution < 1.29 is 4.79 Å². The number of anilines is 1. The number of aryl methyl sites for hydroxylation is 1. The first-order chi connectivity index (χ1) is 14.5. The number of carbonyl (C=O) groups is 1. The van der Waals surface area contributed by atoms with Crippen LogP contribution in [0.2, 0.25) is 0 Å². The minimum atomic E-state index is -0.231. The molecule has 3 aromatic rings. The second-order valence-electron chi connectivity index (χ2n) is 7.62. The van der Waals surface area contributed by atoms with Crippen molar-refractivity contribution >= 4 is 22.6 Å². The SMILES string of the molecule is Cc1nc2ccccc2c(=O)n1CC(=O)NCc1cccnc1N1CCN(C)CC1. The maximum atomic E-state index is 12.8. The number of para-hydroxylation sites is 1. The van der Waals surface area contributed by atoms with E-state index < -0.39 is 0 Å². The summed E-state index contributed by atoms with van der Waals surface area (Å²) in [5.74, 6) is 1.20. The lowest BCUT2D eigenvalue weighted by Gasteiger charge is -2.34. The molecular formula is C22H26N6O2. The fourth-order valence-electron chi connectivity index (χ4n) is 3.73. The fourth-order valence-corrected chi connectivity index (χ4v) is 3.73. The van der Waals surface area contributed by atoms with E-state index in [0.717, 1.165) is 37.6 Å². The predicted molar refractivity (Wildman–Crippen MR) is 117 cm³/mol. The van der Waals surface area contributed by atoms with Gasteiger partial charge in [-0.25, -0.2) is 9.97 Å². The summed E-state index contributed by atoms with van der Waals surface area (Å²) in [5, 5.41) is 3.45. The number of nitrogens with zero attached hydrogens (tertiary/aromatic N) is 5. The molecule has 1 aliphatic heterocycles. The topological polar surface area (TPSA) is 83.4 Å². The van der Waals surface area contributed by atoms with Gasteiger partial charge in [-0.1, -0.05) is 18.2 Å². The second-order valence-corrected chi connectivity index (χ2v) is 7.62. The van der Waals surface area contributed by atoms with E-state index in [1.807, 2.05) is 18.2 Å². The molecule has 1 aromatic carbocycles. The van der Waals surface area contributed by atoms with Crippen LogP contribution in [0.25, 0.3) is 10.9 Å². The summed E-state index contributed by atoms with van der Waals surface area (Å²) in [6, 6.07) is 11.0. The van der Waals surface area contributed by atoms with E-state index in [1.165, 1.54) is 4.57 Å². The van der Waals surface area contributed by atoms with Crippen LogP contribution in [0.3, 0.4) is 0 Å². The zero-order valence-electron chi connectivity index (χ0n) is 17.3. The summed E-state index contributed by atoms with van der Waals surface area (Å²) in [7, 11) is 2.11. The van der Waals surface area contributed by atoms with E-state index in [9.17, 15) is 9.59 Å². The molecule has 2 aromatic heterocycles. The zero-order chi connectivity index (χ0) is 21.1. The highest BCUT2D eigenvalue weighted by molar-refractivity contribution is 5.79. The smallest absolute Gasteiger partial charge is 0.261 e. The Hall–Kier alpha value is -3.26. The van der Waals surface area contributed by atoms with Crippen molar-refractivity contribution in [2.45, 2.75) is 20.0 Å². The van der Waals surface area contributed by atoms with Gasteiger partial charge in [-0.05, 0) is 32.2 Å². The monoisotopic (exact) mass is 406 g/mol. The average molecular weight is 406 g/mol. The number of piperazine rings is 1. The first kappa shape index (κ1) is 20.0. The summed E-state index contributed by atoms with van der Waals surface area (Å²) < 4.78 is 1.42. The molecule has 4 rings (SSSR count). The van der Waals surface area contributed by atoms with E-state index in [2.05, 4.69) is 32.1 Å². The van der Waals surface area contributed by atoms with Gasteiger partial charge in [-0.15, -0.1) is 0 Å². The highest BCUT2D eigenvalue weighted by atomic mass is 16.2. The van der Waals surface area contributed by atoms with Gasteiger partial charge in [-0.2, -0.15) is 0 Å². The van der Waals surface area contributed by atoms with E-state index in [1.54, 1.807) is 31.3 Å². The molecule has 0 bridgehead atoms. The number of aromatic nitrogens is 3. The van der Waals surface area contributed by atoms with Gasteiger partial charge in [0.05, 0.1) is 10.9 Å². The summed E-state index contributed by atoms with van der Waals surface area (Å²) in [6.07, 6.45) is 1.78. The van der Waals surface area contributed by atoms with E-state index in [4.69, 9.17) is 0 Å². The van der Waals surface area contributed by atoms with Crippen LogP contribution >= 0.6 is 0 Å². The van der Waals surface area contributed by atoms with Gasteiger partial charge in [0.2, 0.25) is 5.91 Å². The fraction of sp³-hybridized carbons (Fsp3) is 0.364. The van der Waals surface area contributed by atoms with Gasteiger partial charge in [0.25, 0.3) is 5.56 Å². The van der Waals surface area contributed by atoms with E-state index in [-0.39, 0.29) is 18.0 Å². The van der Waals surface area contributed by atoms with Crippen LogP contribution in [0.15, 0.2) is 47.4 Å². The molecule has 1 N–H and O–H groups in total. The van der Waals surface area contributed by atoms with Crippen LogP contribution in [0.5, 0.6) is 0 Å². The molecule has 0 atom stereocenters. The van der Waals surface area contributed by atoms with Gasteiger partial charge >= 0.3 is 0 Å². The third-order valence-corrected chi connectivity index (χ3v) is 5.50. The lowest BCUT2D eigenvalue weighted by Crippen LogP contribution is -2.45. The number of fused-ring (bicyclic) bond motifs is 1. The number of likely N-dealkylation sites (N-methyl/N-ethyl adjacent to an activating group) is 1. The first-order valence-corrected chi connectivity index (χ1v) is 10.1. The molecule has 8 nitrogen and oxygen atoms in total. The standard InChI is InChI=1S/C22H26N6O2/c1-16-25-19-8-4-3-7-18(19)22(30)28(16)15-20(29)24-14-17-6-5-9-23-21(17)27-12-10-26(2)11-13-27/h3-9H,10-15H2,1-2H3,(H,24,29). The van der Waals surface area contributed by atoms with Crippen LogP contribution in [-0.4, -0.2) is 58.6 Å². The lowest BCUT2D eigenvalue weighted by molar-refractivity contribution is -0.121. The number of hydrogen-bond donors (Lipinski definition) is 1. The molecule has 0 spiro atoms. The Balaban J connectivity index is 1.46. The van der Waals surface area contributed by atoms with Crippen LogP contribution < -0.4 is 15.8 Å². The normalized spacial score (nSPS) is 14.8. The van der Waals surface area contributed by atoms with E-state index in [0.29, 0.717) is 23.3 Å². The number of benzene rings is 1. The molecule has 1 saturated heterocycles. The molecule has 0 saturated carbocycles. The zero-order valence-corrected chi connectivity index (χ0v) is 17.3. The lowest BCUT2D eigenvalue weighted by atomic mass is 10.2. The molecule has 8 heteroatoms. The number of hydrogen-bond acceptors (Lipinski definition) is 6. The summed E-state index contributed by atoms with van der Waals surface area (Å²) in [4.78, 5) is 38.9. The molecule has 30 heavy (non-hydrogen) atoms. The molecule has 1 aliphatic rings. The van der Waals surface area contributed by atoms with Crippen LogP contribution in [0.4, 0.5) is 5.82 Å².